The number of carbonyl (C=O) groups excluding carboxylic acids is 1. The molecule has 1 aliphatic rings. The first-order valence-corrected chi connectivity index (χ1v) is 12.0. The van der Waals surface area contributed by atoms with Crippen molar-refractivity contribution in [3.63, 3.8) is 0 Å². The smallest absolute Gasteiger partial charge is 0.242 e. The Morgan fingerprint density at radius 2 is 1.94 bits per heavy atom. The number of nitrogens with zero attached hydrogens (tertiary/aromatic N) is 6. The van der Waals surface area contributed by atoms with Gasteiger partial charge in [-0.2, -0.15) is 4.98 Å². The van der Waals surface area contributed by atoms with Crippen molar-refractivity contribution in [3.8, 4) is 17.4 Å². The Kier molecular flexibility index (Phi) is 5.14. The number of thiazole rings is 1. The highest BCUT2D eigenvalue weighted by Crippen LogP contribution is 2.33. The van der Waals surface area contributed by atoms with Crippen molar-refractivity contribution in [2.75, 3.05) is 38.2 Å². The number of nitrogens with one attached hydrogen (secondary N) is 1. The summed E-state index contributed by atoms with van der Waals surface area (Å²) in [6.45, 7) is 3.08. The predicted molar refractivity (Wildman–Crippen MR) is 132 cm³/mol. The molecule has 0 atom stereocenters. The average Bonchev–Trinajstić information content (AvgIpc) is 3.62. The lowest BCUT2D eigenvalue weighted by molar-refractivity contribution is -0.132. The molecule has 1 aliphatic heterocycles. The lowest BCUT2D eigenvalue weighted by Gasteiger charge is -2.35. The van der Waals surface area contributed by atoms with E-state index in [2.05, 4.69) is 19.9 Å². The van der Waals surface area contributed by atoms with Crippen LogP contribution in [0.5, 0.6) is 5.88 Å². The van der Waals surface area contributed by atoms with Crippen LogP contribution < -0.4 is 9.64 Å². The van der Waals surface area contributed by atoms with Gasteiger partial charge in [0.2, 0.25) is 11.8 Å². The Morgan fingerprint density at radius 1 is 1.09 bits per heavy atom. The number of H-pyrrole nitrogens is 1. The molecule has 34 heavy (non-hydrogen) atoms. The lowest BCUT2D eigenvalue weighted by Crippen LogP contribution is -2.49. The van der Waals surface area contributed by atoms with Gasteiger partial charge < -0.3 is 24.1 Å². The number of ether oxygens (including phenoxy) is 1. The molecule has 1 N–H and O–H groups in total. The molecule has 0 saturated carbocycles. The summed E-state index contributed by atoms with van der Waals surface area (Å²) in [5, 5.41) is 2.07. The number of carbonyl (C=O) groups is 1. The number of pyridine rings is 1. The van der Waals surface area contributed by atoms with Crippen LogP contribution in [0.3, 0.4) is 0 Å². The number of aromatic amines is 1. The molecule has 1 fully saturated rings. The maximum absolute atomic E-state index is 13.0. The summed E-state index contributed by atoms with van der Waals surface area (Å²) >= 11 is 1.61. The van der Waals surface area contributed by atoms with E-state index in [0.29, 0.717) is 19.0 Å². The Labute approximate surface area is 199 Å². The van der Waals surface area contributed by atoms with E-state index in [4.69, 9.17) is 9.72 Å². The highest BCUT2D eigenvalue weighted by Gasteiger charge is 2.25. The minimum Gasteiger partial charge on any atom is -0.481 e. The predicted octanol–water partition coefficient (Wildman–Crippen LogP) is 3.39. The van der Waals surface area contributed by atoms with Crippen LogP contribution in [0.15, 0.2) is 54.2 Å². The number of anilines is 1. The number of aromatic nitrogens is 5. The zero-order valence-corrected chi connectivity index (χ0v) is 19.5. The summed E-state index contributed by atoms with van der Waals surface area (Å²) in [5.74, 6) is 1.40. The van der Waals surface area contributed by atoms with Crippen molar-refractivity contribution in [2.24, 2.45) is 0 Å². The molecule has 0 radical (unpaired) electrons. The van der Waals surface area contributed by atoms with Crippen molar-refractivity contribution < 1.29 is 9.53 Å². The molecule has 0 bridgehead atoms. The number of amides is 1. The summed E-state index contributed by atoms with van der Waals surface area (Å²) in [7, 11) is 1.59. The molecule has 4 aromatic heterocycles. The molecular weight excluding hydrogens is 450 g/mol. The molecule has 10 heteroatoms. The average molecular weight is 474 g/mol. The van der Waals surface area contributed by atoms with Gasteiger partial charge >= 0.3 is 0 Å². The van der Waals surface area contributed by atoms with Gasteiger partial charge in [0.1, 0.15) is 22.9 Å². The molecule has 0 aliphatic carbocycles. The first kappa shape index (κ1) is 20.7. The van der Waals surface area contributed by atoms with E-state index < -0.39 is 0 Å². The largest absolute Gasteiger partial charge is 0.481 e. The normalized spacial score (nSPS) is 14.3. The van der Waals surface area contributed by atoms with Gasteiger partial charge in [-0.3, -0.25) is 4.79 Å². The second-order valence-corrected chi connectivity index (χ2v) is 9.02. The number of piperazine rings is 1. The third kappa shape index (κ3) is 3.65. The van der Waals surface area contributed by atoms with Gasteiger partial charge in [-0.05, 0) is 24.3 Å². The molecule has 1 aromatic carbocycles. The van der Waals surface area contributed by atoms with Gasteiger partial charge in [0.25, 0.3) is 0 Å². The number of hydrogen-bond donors (Lipinski definition) is 1. The van der Waals surface area contributed by atoms with Gasteiger partial charge in [0, 0.05) is 43.8 Å². The topological polar surface area (TPSA) is 92.2 Å². The van der Waals surface area contributed by atoms with Crippen LogP contribution in [0, 0.1) is 0 Å². The lowest BCUT2D eigenvalue weighted by atomic mass is 10.3. The second-order valence-electron chi connectivity index (χ2n) is 8.19. The highest BCUT2D eigenvalue weighted by atomic mass is 32.1. The van der Waals surface area contributed by atoms with Crippen LogP contribution >= 0.6 is 11.3 Å². The van der Waals surface area contributed by atoms with Crippen molar-refractivity contribution in [1.29, 1.82) is 0 Å². The van der Waals surface area contributed by atoms with Gasteiger partial charge in [-0.15, -0.1) is 11.3 Å². The summed E-state index contributed by atoms with van der Waals surface area (Å²) < 4.78 is 7.12. The van der Waals surface area contributed by atoms with E-state index in [9.17, 15) is 4.79 Å². The van der Waals surface area contributed by atoms with Crippen LogP contribution in [-0.4, -0.2) is 68.6 Å². The molecule has 6 rings (SSSR count). The summed E-state index contributed by atoms with van der Waals surface area (Å²) in [6, 6.07) is 13.7. The van der Waals surface area contributed by atoms with Crippen molar-refractivity contribution in [1.82, 2.24) is 29.4 Å². The first-order chi connectivity index (χ1) is 16.7. The van der Waals surface area contributed by atoms with E-state index in [1.54, 1.807) is 18.4 Å². The van der Waals surface area contributed by atoms with Gasteiger partial charge in [-0.25, -0.2) is 9.97 Å². The van der Waals surface area contributed by atoms with Crippen LogP contribution in [0.4, 0.5) is 5.00 Å². The summed E-state index contributed by atoms with van der Waals surface area (Å²) in [4.78, 5) is 34.4. The second kappa shape index (κ2) is 8.45. The maximum atomic E-state index is 13.0. The fourth-order valence-corrected chi connectivity index (χ4v) is 5.23. The number of rotatable bonds is 5. The molecule has 0 unspecified atom stereocenters. The van der Waals surface area contributed by atoms with Gasteiger partial charge in [0.15, 0.2) is 5.82 Å². The van der Waals surface area contributed by atoms with Gasteiger partial charge in [-0.1, -0.05) is 12.1 Å². The third-order valence-electron chi connectivity index (χ3n) is 6.18. The number of fused-ring (bicyclic) bond motifs is 2. The Balaban J connectivity index is 1.15. The molecule has 1 amide bonds. The quantitative estimate of drug-likeness (QED) is 0.421. The minimum absolute atomic E-state index is 0.0867. The summed E-state index contributed by atoms with van der Waals surface area (Å²) in [5.41, 5.74) is 5.40. The number of para-hydroxylation sites is 2. The minimum atomic E-state index is 0.0867. The molecule has 0 spiro atoms. The Bertz CT molecular complexity index is 1450. The van der Waals surface area contributed by atoms with Crippen molar-refractivity contribution >= 4 is 44.3 Å². The van der Waals surface area contributed by atoms with E-state index in [-0.39, 0.29) is 12.5 Å². The fourth-order valence-electron chi connectivity index (χ4n) is 4.38. The number of imidazole rings is 1. The zero-order valence-electron chi connectivity index (χ0n) is 18.6. The first-order valence-electron chi connectivity index (χ1n) is 11.1. The number of hydrogen-bond acceptors (Lipinski definition) is 7. The van der Waals surface area contributed by atoms with Crippen LogP contribution in [0.1, 0.15) is 0 Å². The zero-order chi connectivity index (χ0) is 23.1. The number of methoxy groups -OCH3 is 1. The fraction of sp³-hybridized carbons (Fsp3) is 0.250. The Morgan fingerprint density at radius 3 is 2.76 bits per heavy atom. The SMILES string of the molecule is COc1ccc2ccn(CC(=O)N3CCN(c4scnc4-c4nc5ccccc5[nH]4)CC3)c2n1. The molecule has 1 saturated heterocycles. The van der Waals surface area contributed by atoms with E-state index >= 15 is 0 Å². The van der Waals surface area contributed by atoms with Crippen molar-refractivity contribution in [3.05, 3.63) is 54.2 Å². The molecule has 5 aromatic rings. The van der Waals surface area contributed by atoms with Crippen LogP contribution in [0.2, 0.25) is 0 Å². The van der Waals surface area contributed by atoms with Crippen LogP contribution in [-0.2, 0) is 11.3 Å². The summed E-state index contributed by atoms with van der Waals surface area (Å²) in [6.07, 6.45) is 1.90. The van der Waals surface area contributed by atoms with E-state index in [1.807, 2.05) is 63.6 Å². The maximum Gasteiger partial charge on any atom is 0.242 e. The third-order valence-corrected chi connectivity index (χ3v) is 7.07. The van der Waals surface area contributed by atoms with E-state index in [0.717, 1.165) is 51.7 Å². The highest BCUT2D eigenvalue weighted by molar-refractivity contribution is 7.14. The monoisotopic (exact) mass is 473 g/mol. The molecule has 9 nitrogen and oxygen atoms in total. The standard InChI is InChI=1S/C24H23N7O2S/c1-33-19-7-6-16-8-9-31(23(16)28-19)14-20(32)29-10-12-30(13-11-29)24-21(25-15-34-24)22-26-17-4-2-3-5-18(17)27-22/h2-9,15H,10-14H2,1H3,(H,26,27). The molecule has 172 valence electrons. The van der Waals surface area contributed by atoms with Crippen molar-refractivity contribution in [2.45, 2.75) is 6.54 Å². The van der Waals surface area contributed by atoms with Gasteiger partial charge in [0.05, 0.1) is 23.7 Å². The molecule has 5 heterocycles. The Hall–Kier alpha value is -3.92. The van der Waals surface area contributed by atoms with E-state index in [1.165, 1.54) is 0 Å². The number of benzene rings is 1. The molecular formula is C24H23N7O2S. The van der Waals surface area contributed by atoms with Crippen LogP contribution in [0.25, 0.3) is 33.6 Å².